The number of nitrogens with zero attached hydrogens (tertiary/aromatic N) is 2. The number of nitrogens with two attached hydrogens (primary N) is 1. The summed E-state index contributed by atoms with van der Waals surface area (Å²) in [5.41, 5.74) is 11.0. The van der Waals surface area contributed by atoms with Crippen molar-refractivity contribution in [3.63, 3.8) is 0 Å². The van der Waals surface area contributed by atoms with Crippen LogP contribution in [-0.2, 0) is 11.3 Å². The molecule has 1 aromatic carbocycles. The average molecular weight is 290 g/mol. The molecule has 0 aliphatic rings. The van der Waals surface area contributed by atoms with Crippen LogP contribution >= 0.6 is 11.3 Å². The second kappa shape index (κ2) is 6.49. The van der Waals surface area contributed by atoms with E-state index in [1.807, 2.05) is 36.4 Å². The molecular formula is C14H18N4OS. The second-order valence-corrected chi connectivity index (χ2v) is 5.49. The van der Waals surface area contributed by atoms with Gasteiger partial charge in [-0.15, -0.1) is 11.3 Å². The van der Waals surface area contributed by atoms with Crippen molar-refractivity contribution < 1.29 is 4.79 Å². The summed E-state index contributed by atoms with van der Waals surface area (Å²) in [4.78, 5) is 18.1. The Bertz CT molecular complexity index is 583. The summed E-state index contributed by atoms with van der Waals surface area (Å²) >= 11 is 1.55. The van der Waals surface area contributed by atoms with Crippen molar-refractivity contribution in [3.8, 4) is 0 Å². The van der Waals surface area contributed by atoms with E-state index in [-0.39, 0.29) is 5.91 Å². The number of aryl methyl sites for hydroxylation is 1. The van der Waals surface area contributed by atoms with Gasteiger partial charge in [-0.05, 0) is 31.7 Å². The number of amides is 1. The van der Waals surface area contributed by atoms with Gasteiger partial charge in [0.2, 0.25) is 5.91 Å². The van der Waals surface area contributed by atoms with Crippen molar-refractivity contribution in [2.75, 3.05) is 24.6 Å². The lowest BCUT2D eigenvalue weighted by molar-refractivity contribution is -0.117. The fraction of sp³-hybridized carbons (Fsp3) is 0.286. The number of rotatable bonds is 5. The smallest absolute Gasteiger partial charge is 0.238 e. The fourth-order valence-corrected chi connectivity index (χ4v) is 2.36. The minimum absolute atomic E-state index is 0.0639. The maximum atomic E-state index is 11.9. The fourth-order valence-electron chi connectivity index (χ4n) is 1.81. The first kappa shape index (κ1) is 14.5. The Morgan fingerprint density at radius 3 is 2.95 bits per heavy atom. The first-order valence-corrected chi connectivity index (χ1v) is 7.20. The number of benzene rings is 1. The van der Waals surface area contributed by atoms with E-state index in [4.69, 9.17) is 5.73 Å². The topological polar surface area (TPSA) is 71.2 Å². The highest BCUT2D eigenvalue weighted by molar-refractivity contribution is 7.07. The van der Waals surface area contributed by atoms with Crippen LogP contribution in [0.25, 0.3) is 0 Å². The molecule has 0 saturated carbocycles. The Morgan fingerprint density at radius 1 is 1.50 bits per heavy atom. The number of thiazole rings is 1. The van der Waals surface area contributed by atoms with Crippen molar-refractivity contribution in [2.45, 2.75) is 13.5 Å². The molecule has 0 aliphatic carbocycles. The summed E-state index contributed by atoms with van der Waals surface area (Å²) < 4.78 is 0. The maximum absolute atomic E-state index is 11.9. The third kappa shape index (κ3) is 4.04. The predicted octanol–water partition coefficient (Wildman–Crippen LogP) is 2.10. The van der Waals surface area contributed by atoms with E-state index in [2.05, 4.69) is 10.3 Å². The maximum Gasteiger partial charge on any atom is 0.238 e. The molecule has 1 aromatic heterocycles. The summed E-state index contributed by atoms with van der Waals surface area (Å²) in [6.07, 6.45) is 0. The van der Waals surface area contributed by atoms with E-state index >= 15 is 0 Å². The number of hydrogen-bond acceptors (Lipinski definition) is 5. The van der Waals surface area contributed by atoms with Crippen LogP contribution in [0, 0.1) is 6.92 Å². The normalized spacial score (nSPS) is 10.8. The van der Waals surface area contributed by atoms with Crippen molar-refractivity contribution in [3.05, 3.63) is 40.3 Å². The SMILES string of the molecule is Cc1ccc(NC(=O)CN(C)Cc2cscn2)cc1N. The zero-order valence-corrected chi connectivity index (χ0v) is 12.4. The lowest BCUT2D eigenvalue weighted by Gasteiger charge is -2.15. The standard InChI is InChI=1S/C14H18N4OS/c1-10-3-4-11(5-13(10)15)17-14(19)7-18(2)6-12-8-20-9-16-12/h3-5,8-9H,6-7,15H2,1-2H3,(H,17,19). The van der Waals surface area contributed by atoms with Crippen molar-refractivity contribution in [1.29, 1.82) is 0 Å². The Hall–Kier alpha value is -1.92. The molecule has 6 heteroatoms. The minimum atomic E-state index is -0.0639. The number of carbonyl (C=O) groups excluding carboxylic acids is 1. The number of hydrogen-bond donors (Lipinski definition) is 2. The summed E-state index contributed by atoms with van der Waals surface area (Å²) in [7, 11) is 1.89. The van der Waals surface area contributed by atoms with Crippen molar-refractivity contribution in [2.24, 2.45) is 0 Å². The summed E-state index contributed by atoms with van der Waals surface area (Å²) in [5.74, 6) is -0.0639. The number of aromatic nitrogens is 1. The van der Waals surface area contributed by atoms with E-state index in [1.54, 1.807) is 22.9 Å². The quantitative estimate of drug-likeness (QED) is 0.827. The number of nitrogen functional groups attached to an aromatic ring is 1. The van der Waals surface area contributed by atoms with Crippen molar-refractivity contribution in [1.82, 2.24) is 9.88 Å². The van der Waals surface area contributed by atoms with Gasteiger partial charge in [-0.3, -0.25) is 9.69 Å². The molecule has 0 unspecified atom stereocenters. The molecular weight excluding hydrogens is 272 g/mol. The molecule has 5 nitrogen and oxygen atoms in total. The van der Waals surface area contributed by atoms with E-state index in [0.717, 1.165) is 16.9 Å². The van der Waals surface area contributed by atoms with Gasteiger partial charge >= 0.3 is 0 Å². The van der Waals surface area contributed by atoms with Gasteiger partial charge in [0.15, 0.2) is 0 Å². The molecule has 20 heavy (non-hydrogen) atoms. The summed E-state index contributed by atoms with van der Waals surface area (Å²) in [6.45, 7) is 2.90. The molecule has 0 fully saturated rings. The number of nitrogens with one attached hydrogen (secondary N) is 1. The van der Waals surface area contributed by atoms with Crippen LogP contribution < -0.4 is 11.1 Å². The zero-order valence-electron chi connectivity index (χ0n) is 11.6. The molecule has 0 spiro atoms. The van der Waals surface area contributed by atoms with Gasteiger partial charge in [-0.25, -0.2) is 4.98 Å². The molecule has 0 bridgehead atoms. The van der Waals surface area contributed by atoms with Gasteiger partial charge in [0, 0.05) is 23.3 Å². The Kier molecular flexibility index (Phi) is 4.70. The molecule has 106 valence electrons. The van der Waals surface area contributed by atoms with E-state index in [0.29, 0.717) is 18.8 Å². The molecule has 2 aromatic rings. The third-order valence-electron chi connectivity index (χ3n) is 2.89. The lowest BCUT2D eigenvalue weighted by Crippen LogP contribution is -2.29. The highest BCUT2D eigenvalue weighted by atomic mass is 32.1. The van der Waals surface area contributed by atoms with Crippen LogP contribution in [-0.4, -0.2) is 29.4 Å². The van der Waals surface area contributed by atoms with Gasteiger partial charge in [0.05, 0.1) is 17.7 Å². The monoisotopic (exact) mass is 290 g/mol. The molecule has 0 radical (unpaired) electrons. The molecule has 2 rings (SSSR count). The van der Waals surface area contributed by atoms with Crippen LogP contribution in [0.15, 0.2) is 29.1 Å². The van der Waals surface area contributed by atoms with Gasteiger partial charge in [0.25, 0.3) is 0 Å². The first-order valence-electron chi connectivity index (χ1n) is 6.26. The molecule has 0 saturated heterocycles. The first-order chi connectivity index (χ1) is 9.54. The van der Waals surface area contributed by atoms with E-state index in [9.17, 15) is 4.79 Å². The molecule has 0 aliphatic heterocycles. The largest absolute Gasteiger partial charge is 0.398 e. The van der Waals surface area contributed by atoms with Crippen LogP contribution in [0.3, 0.4) is 0 Å². The van der Waals surface area contributed by atoms with Gasteiger partial charge in [0.1, 0.15) is 0 Å². The lowest BCUT2D eigenvalue weighted by atomic mass is 10.2. The van der Waals surface area contributed by atoms with Crippen LogP contribution in [0.2, 0.25) is 0 Å². The molecule has 3 N–H and O–H groups in total. The van der Waals surface area contributed by atoms with Gasteiger partial charge in [-0.1, -0.05) is 6.07 Å². The number of carbonyl (C=O) groups is 1. The Labute approximate surface area is 122 Å². The second-order valence-electron chi connectivity index (χ2n) is 4.77. The van der Waals surface area contributed by atoms with Crippen molar-refractivity contribution >= 4 is 28.6 Å². The van der Waals surface area contributed by atoms with E-state index in [1.165, 1.54) is 0 Å². The average Bonchev–Trinajstić information content (AvgIpc) is 2.86. The Balaban J connectivity index is 1.87. The number of likely N-dealkylation sites (N-methyl/N-ethyl adjacent to an activating group) is 1. The number of anilines is 2. The zero-order chi connectivity index (χ0) is 14.5. The van der Waals surface area contributed by atoms with E-state index < -0.39 is 0 Å². The van der Waals surface area contributed by atoms with Crippen LogP contribution in [0.4, 0.5) is 11.4 Å². The molecule has 0 atom stereocenters. The third-order valence-corrected chi connectivity index (χ3v) is 3.53. The summed E-state index contributed by atoms with van der Waals surface area (Å²) in [5, 5.41) is 4.82. The van der Waals surface area contributed by atoms with Gasteiger partial charge in [-0.2, -0.15) is 0 Å². The summed E-state index contributed by atoms with van der Waals surface area (Å²) in [6, 6.07) is 5.52. The van der Waals surface area contributed by atoms with Crippen LogP contribution in [0.1, 0.15) is 11.3 Å². The van der Waals surface area contributed by atoms with Gasteiger partial charge < -0.3 is 11.1 Å². The Morgan fingerprint density at radius 2 is 2.30 bits per heavy atom. The molecule has 1 amide bonds. The highest BCUT2D eigenvalue weighted by Gasteiger charge is 2.09. The minimum Gasteiger partial charge on any atom is -0.398 e. The highest BCUT2D eigenvalue weighted by Crippen LogP contribution is 2.16. The van der Waals surface area contributed by atoms with Crippen LogP contribution in [0.5, 0.6) is 0 Å². The molecule has 1 heterocycles. The predicted molar refractivity (Wildman–Crippen MR) is 82.7 cm³/mol.